The highest BCUT2D eigenvalue weighted by atomic mass is 16.5. The van der Waals surface area contributed by atoms with Crippen molar-refractivity contribution in [2.75, 3.05) is 20.1 Å². The van der Waals surface area contributed by atoms with Crippen LogP contribution in [-0.4, -0.2) is 50.7 Å². The average molecular weight is 418 g/mol. The monoisotopic (exact) mass is 417 g/mol. The lowest BCUT2D eigenvalue weighted by molar-refractivity contribution is 0.114. The number of nitrogens with zero attached hydrogens (tertiary/aromatic N) is 4. The predicted octanol–water partition coefficient (Wildman–Crippen LogP) is 5.09. The first kappa shape index (κ1) is 20.1. The number of piperidine rings is 1. The number of H-pyrrole nitrogens is 1. The summed E-state index contributed by atoms with van der Waals surface area (Å²) in [5, 5.41) is 9.61. The summed E-state index contributed by atoms with van der Waals surface area (Å²) in [5.41, 5.74) is 8.16. The Morgan fingerprint density at radius 3 is 2.65 bits per heavy atom. The smallest absolute Gasteiger partial charge is 0.163 e. The SMILES string of the molecule is Cc1c(-c2[nH]c3ccc(OC4CCN(C)CC4)cc3c2C(C)C)cn2cnnc2c1C. The van der Waals surface area contributed by atoms with Crippen LogP contribution in [0.15, 0.2) is 30.7 Å². The molecule has 1 aromatic carbocycles. The molecule has 0 radical (unpaired) electrons. The van der Waals surface area contributed by atoms with Crippen LogP contribution in [0.1, 0.15) is 49.3 Å². The molecule has 162 valence electrons. The number of pyridine rings is 1. The van der Waals surface area contributed by atoms with Gasteiger partial charge >= 0.3 is 0 Å². The molecule has 4 aromatic rings. The van der Waals surface area contributed by atoms with E-state index in [0.717, 1.165) is 48.4 Å². The summed E-state index contributed by atoms with van der Waals surface area (Å²) in [7, 11) is 2.18. The minimum Gasteiger partial charge on any atom is -0.490 e. The minimum absolute atomic E-state index is 0.301. The molecule has 6 heteroatoms. The van der Waals surface area contributed by atoms with E-state index in [0.29, 0.717) is 12.0 Å². The van der Waals surface area contributed by atoms with Gasteiger partial charge < -0.3 is 14.6 Å². The molecule has 0 aliphatic carbocycles. The van der Waals surface area contributed by atoms with Crippen molar-refractivity contribution in [1.29, 1.82) is 0 Å². The molecule has 6 nitrogen and oxygen atoms in total. The van der Waals surface area contributed by atoms with Gasteiger partial charge in [-0.2, -0.15) is 0 Å². The fourth-order valence-corrected chi connectivity index (χ4v) is 4.84. The second kappa shape index (κ2) is 7.68. The van der Waals surface area contributed by atoms with E-state index in [1.165, 1.54) is 27.8 Å². The maximum absolute atomic E-state index is 6.39. The molecule has 0 bridgehead atoms. The lowest BCUT2D eigenvalue weighted by Crippen LogP contribution is -2.35. The van der Waals surface area contributed by atoms with Crippen LogP contribution in [0.25, 0.3) is 27.8 Å². The molecule has 0 unspecified atom stereocenters. The first-order chi connectivity index (χ1) is 14.9. The van der Waals surface area contributed by atoms with Crippen molar-refractivity contribution in [1.82, 2.24) is 24.5 Å². The van der Waals surface area contributed by atoms with Crippen LogP contribution in [0, 0.1) is 13.8 Å². The van der Waals surface area contributed by atoms with Gasteiger partial charge in [-0.3, -0.25) is 4.40 Å². The number of benzene rings is 1. The number of likely N-dealkylation sites (tertiary alicyclic amines) is 1. The van der Waals surface area contributed by atoms with Crippen LogP contribution in [0.5, 0.6) is 5.75 Å². The average Bonchev–Trinajstić information content (AvgIpc) is 3.36. The fraction of sp³-hybridized carbons (Fsp3) is 0.440. The maximum Gasteiger partial charge on any atom is 0.163 e. The Morgan fingerprint density at radius 2 is 1.90 bits per heavy atom. The van der Waals surface area contributed by atoms with E-state index in [9.17, 15) is 0 Å². The van der Waals surface area contributed by atoms with Gasteiger partial charge in [-0.1, -0.05) is 13.8 Å². The third-order valence-electron chi connectivity index (χ3n) is 6.77. The van der Waals surface area contributed by atoms with Gasteiger partial charge in [0.25, 0.3) is 0 Å². The molecule has 1 aliphatic rings. The molecular weight excluding hydrogens is 386 g/mol. The van der Waals surface area contributed by atoms with E-state index in [1.807, 2.05) is 4.40 Å². The second-order valence-corrected chi connectivity index (χ2v) is 9.25. The molecule has 1 saturated heterocycles. The molecule has 0 amide bonds. The summed E-state index contributed by atoms with van der Waals surface area (Å²) in [6, 6.07) is 6.49. The zero-order valence-corrected chi connectivity index (χ0v) is 19.1. The number of ether oxygens (including phenoxy) is 1. The van der Waals surface area contributed by atoms with Crippen LogP contribution >= 0.6 is 0 Å². The molecular formula is C25H31N5O. The first-order valence-electron chi connectivity index (χ1n) is 11.2. The Labute approximate surface area is 183 Å². The van der Waals surface area contributed by atoms with Crippen molar-refractivity contribution >= 4 is 16.6 Å². The minimum atomic E-state index is 0.301. The Morgan fingerprint density at radius 1 is 1.13 bits per heavy atom. The standard InChI is InChI=1S/C25H31N5O/c1-15(2)23-20-12-19(31-18-8-10-29(5)11-9-18)6-7-22(20)27-24(23)21-13-30-14-26-28-25(30)17(4)16(21)3/h6-7,12-15,18,27H,8-11H2,1-5H3. The molecule has 0 spiro atoms. The van der Waals surface area contributed by atoms with E-state index in [2.05, 4.69) is 79.2 Å². The lowest BCUT2D eigenvalue weighted by Gasteiger charge is -2.29. The lowest BCUT2D eigenvalue weighted by atomic mass is 9.94. The van der Waals surface area contributed by atoms with Crippen LogP contribution in [0.4, 0.5) is 0 Å². The second-order valence-electron chi connectivity index (χ2n) is 9.25. The molecule has 1 aliphatic heterocycles. The van der Waals surface area contributed by atoms with E-state index in [-0.39, 0.29) is 0 Å². The molecule has 5 rings (SSSR count). The van der Waals surface area contributed by atoms with Crippen molar-refractivity contribution in [2.45, 2.75) is 52.6 Å². The third-order valence-corrected chi connectivity index (χ3v) is 6.77. The maximum atomic E-state index is 6.39. The number of hydrogen-bond acceptors (Lipinski definition) is 4. The normalized spacial score (nSPS) is 16.1. The highest BCUT2D eigenvalue weighted by molar-refractivity contribution is 5.93. The van der Waals surface area contributed by atoms with Crippen LogP contribution < -0.4 is 4.74 Å². The quantitative estimate of drug-likeness (QED) is 0.502. The fourth-order valence-electron chi connectivity index (χ4n) is 4.84. The van der Waals surface area contributed by atoms with Gasteiger partial charge in [0.1, 0.15) is 18.2 Å². The summed E-state index contributed by atoms with van der Waals surface area (Å²) >= 11 is 0. The van der Waals surface area contributed by atoms with Crippen molar-refractivity contribution in [3.8, 4) is 17.0 Å². The largest absolute Gasteiger partial charge is 0.490 e. The molecule has 1 fully saturated rings. The van der Waals surface area contributed by atoms with Crippen LogP contribution in [-0.2, 0) is 0 Å². The van der Waals surface area contributed by atoms with Gasteiger partial charge in [-0.15, -0.1) is 10.2 Å². The van der Waals surface area contributed by atoms with Gasteiger partial charge in [-0.25, -0.2) is 0 Å². The number of fused-ring (bicyclic) bond motifs is 2. The van der Waals surface area contributed by atoms with Crippen LogP contribution in [0.3, 0.4) is 0 Å². The molecule has 31 heavy (non-hydrogen) atoms. The zero-order chi connectivity index (χ0) is 21.7. The summed E-state index contributed by atoms with van der Waals surface area (Å²) in [6.45, 7) is 11.0. The number of nitrogens with one attached hydrogen (secondary N) is 1. The van der Waals surface area contributed by atoms with Gasteiger partial charge in [0, 0.05) is 35.8 Å². The summed E-state index contributed by atoms with van der Waals surface area (Å²) in [4.78, 5) is 6.08. The summed E-state index contributed by atoms with van der Waals surface area (Å²) in [6.07, 6.45) is 6.39. The molecule has 1 N–H and O–H groups in total. The highest BCUT2D eigenvalue weighted by Crippen LogP contribution is 2.39. The number of rotatable bonds is 4. The Kier molecular flexibility index (Phi) is 4.97. The molecule has 3 aromatic heterocycles. The van der Waals surface area contributed by atoms with Crippen molar-refractivity contribution in [3.63, 3.8) is 0 Å². The summed E-state index contributed by atoms with van der Waals surface area (Å²) < 4.78 is 8.41. The van der Waals surface area contributed by atoms with Gasteiger partial charge in [-0.05, 0) is 74.5 Å². The number of aromatic amines is 1. The summed E-state index contributed by atoms with van der Waals surface area (Å²) in [5.74, 6) is 1.34. The van der Waals surface area contributed by atoms with Gasteiger partial charge in [0.05, 0.1) is 5.69 Å². The Balaban J connectivity index is 1.60. The van der Waals surface area contributed by atoms with E-state index in [4.69, 9.17) is 4.74 Å². The number of aromatic nitrogens is 4. The highest BCUT2D eigenvalue weighted by Gasteiger charge is 2.22. The van der Waals surface area contributed by atoms with E-state index in [1.54, 1.807) is 6.33 Å². The van der Waals surface area contributed by atoms with E-state index >= 15 is 0 Å². The van der Waals surface area contributed by atoms with Crippen LogP contribution in [0.2, 0.25) is 0 Å². The zero-order valence-electron chi connectivity index (χ0n) is 19.1. The number of hydrogen-bond donors (Lipinski definition) is 1. The Bertz CT molecular complexity index is 1240. The Hall–Kier alpha value is -2.86. The molecule has 0 atom stereocenters. The van der Waals surface area contributed by atoms with Gasteiger partial charge in [0.15, 0.2) is 5.65 Å². The molecule has 4 heterocycles. The molecule has 0 saturated carbocycles. The van der Waals surface area contributed by atoms with Crippen molar-refractivity contribution < 1.29 is 4.74 Å². The van der Waals surface area contributed by atoms with Crippen molar-refractivity contribution in [3.05, 3.63) is 47.4 Å². The predicted molar refractivity (Wildman–Crippen MR) is 125 cm³/mol. The van der Waals surface area contributed by atoms with E-state index < -0.39 is 0 Å². The van der Waals surface area contributed by atoms with Gasteiger partial charge in [0.2, 0.25) is 0 Å². The van der Waals surface area contributed by atoms with Crippen molar-refractivity contribution in [2.24, 2.45) is 0 Å². The third kappa shape index (κ3) is 3.49. The first-order valence-corrected chi connectivity index (χ1v) is 11.2. The number of aryl methyl sites for hydroxylation is 1. The topological polar surface area (TPSA) is 58.5 Å².